The minimum Gasteiger partial charge on any atom is -0.367 e. The van der Waals surface area contributed by atoms with Crippen molar-refractivity contribution >= 4 is 28.5 Å². The smallest absolute Gasteiger partial charge is 0.240 e. The summed E-state index contributed by atoms with van der Waals surface area (Å²) in [5.74, 6) is -1.56. The van der Waals surface area contributed by atoms with Gasteiger partial charge in [-0.1, -0.05) is 0 Å². The monoisotopic (exact) mass is 338 g/mol. The molecule has 8 heteroatoms. The molecule has 0 unspecified atom stereocenters. The highest BCUT2D eigenvalue weighted by atomic mass is 16.6. The molecule has 1 aromatic carbocycles. The minimum absolute atomic E-state index is 0.240. The van der Waals surface area contributed by atoms with Gasteiger partial charge in [-0.15, -0.1) is 0 Å². The average molecular weight is 338 g/mol. The number of carbonyl (C=O) groups excluding carboxylic acids is 2. The zero-order valence-electron chi connectivity index (χ0n) is 13.6. The lowest BCUT2D eigenvalue weighted by Crippen LogP contribution is -2.40. The van der Waals surface area contributed by atoms with E-state index in [2.05, 4.69) is 10.3 Å². The van der Waals surface area contributed by atoms with Gasteiger partial charge in [-0.05, 0) is 49.1 Å². The number of nitrogens with zero attached hydrogens (tertiary/aromatic N) is 4. The summed E-state index contributed by atoms with van der Waals surface area (Å²) in [7, 11) is 0. The van der Waals surface area contributed by atoms with Gasteiger partial charge in [0, 0.05) is 0 Å². The maximum Gasteiger partial charge on any atom is 0.240 e. The lowest BCUT2D eigenvalue weighted by atomic mass is 9.69. The van der Waals surface area contributed by atoms with Gasteiger partial charge in [-0.3, -0.25) is 9.59 Å². The first kappa shape index (κ1) is 14.5. The topological polar surface area (TPSA) is 109 Å². The van der Waals surface area contributed by atoms with Crippen LogP contribution in [0.3, 0.4) is 0 Å². The second-order valence-electron chi connectivity index (χ2n) is 7.40. The number of anilines is 1. The van der Waals surface area contributed by atoms with Crippen molar-refractivity contribution in [3.05, 3.63) is 17.7 Å². The van der Waals surface area contributed by atoms with Crippen LogP contribution in [0.15, 0.2) is 16.8 Å². The summed E-state index contributed by atoms with van der Waals surface area (Å²) in [6, 6.07) is 5.07. The number of nitriles is 1. The molecule has 0 aliphatic carbocycles. The number of fused-ring (bicyclic) bond motifs is 6. The zero-order valence-corrected chi connectivity index (χ0v) is 13.6. The summed E-state index contributed by atoms with van der Waals surface area (Å²) >= 11 is 0. The van der Waals surface area contributed by atoms with Crippen LogP contribution in [-0.2, 0) is 14.3 Å². The Morgan fingerprint density at radius 1 is 1.12 bits per heavy atom. The lowest BCUT2D eigenvalue weighted by molar-refractivity contribution is -0.129. The maximum atomic E-state index is 13.1. The van der Waals surface area contributed by atoms with E-state index in [1.165, 1.54) is 11.0 Å². The summed E-state index contributed by atoms with van der Waals surface area (Å²) in [6.45, 7) is 3.81. The molecule has 0 N–H and O–H groups in total. The van der Waals surface area contributed by atoms with Gasteiger partial charge in [0.1, 0.15) is 6.07 Å². The molecule has 3 aliphatic heterocycles. The maximum absolute atomic E-state index is 13.1. The van der Waals surface area contributed by atoms with Crippen LogP contribution in [0.4, 0.5) is 5.69 Å². The van der Waals surface area contributed by atoms with Crippen molar-refractivity contribution in [3.63, 3.8) is 0 Å². The fourth-order valence-electron chi connectivity index (χ4n) is 4.83. The third kappa shape index (κ3) is 1.54. The van der Waals surface area contributed by atoms with Crippen molar-refractivity contribution in [2.75, 3.05) is 4.90 Å². The zero-order chi connectivity index (χ0) is 17.6. The van der Waals surface area contributed by atoms with Crippen LogP contribution in [0.25, 0.3) is 11.0 Å². The first-order valence-corrected chi connectivity index (χ1v) is 8.13. The number of hydrogen-bond donors (Lipinski definition) is 0. The molecule has 3 saturated heterocycles. The molecule has 2 amide bonds. The van der Waals surface area contributed by atoms with E-state index < -0.39 is 23.0 Å². The molecule has 8 nitrogen and oxygen atoms in total. The Hall–Kier alpha value is -2.79. The largest absolute Gasteiger partial charge is 0.367 e. The molecule has 0 saturated carbocycles. The Balaban J connectivity index is 1.68. The normalized spacial score (nSPS) is 36.3. The fourth-order valence-corrected chi connectivity index (χ4v) is 4.83. The predicted molar refractivity (Wildman–Crippen MR) is 83.1 cm³/mol. The number of aromatic nitrogens is 2. The Kier molecular flexibility index (Phi) is 2.47. The molecule has 5 rings (SSSR count). The average Bonchev–Trinajstić information content (AvgIpc) is 3.28. The van der Waals surface area contributed by atoms with Crippen LogP contribution in [0, 0.1) is 23.2 Å². The Bertz CT molecular complexity index is 974. The number of imide groups is 1. The highest BCUT2D eigenvalue weighted by Crippen LogP contribution is 2.61. The molecule has 0 spiro atoms. The quantitative estimate of drug-likeness (QED) is 0.725. The van der Waals surface area contributed by atoms with Crippen LogP contribution < -0.4 is 4.90 Å². The van der Waals surface area contributed by atoms with E-state index in [9.17, 15) is 9.59 Å². The number of carbonyl (C=O) groups is 2. The van der Waals surface area contributed by atoms with Crippen LogP contribution in [-0.4, -0.2) is 33.3 Å². The molecule has 25 heavy (non-hydrogen) atoms. The standard InChI is InChI=1S/C17H14N4O4/c1-16-5-6-17(2,24-16)11-10(16)14(22)21(15(11)23)9-4-3-8(7-18)12-13(9)20-25-19-12/h3-4,10-11H,5-6H2,1-2H3/t10-,11+,16-,17+. The molecule has 4 atom stereocenters. The van der Waals surface area contributed by atoms with Gasteiger partial charge < -0.3 is 4.74 Å². The third-order valence-electron chi connectivity index (χ3n) is 5.96. The van der Waals surface area contributed by atoms with Crippen LogP contribution >= 0.6 is 0 Å². The molecule has 3 aliphatic rings. The lowest BCUT2D eigenvalue weighted by Gasteiger charge is -2.27. The Morgan fingerprint density at radius 3 is 2.32 bits per heavy atom. The van der Waals surface area contributed by atoms with Crippen LogP contribution in [0.1, 0.15) is 32.3 Å². The first-order valence-electron chi connectivity index (χ1n) is 8.13. The highest BCUT2D eigenvalue weighted by molar-refractivity contribution is 6.25. The van der Waals surface area contributed by atoms with Crippen molar-refractivity contribution in [2.24, 2.45) is 11.8 Å². The molecule has 3 fully saturated rings. The highest BCUT2D eigenvalue weighted by Gasteiger charge is 2.72. The number of ether oxygens (including phenoxy) is 1. The van der Waals surface area contributed by atoms with E-state index in [1.54, 1.807) is 6.07 Å². The van der Waals surface area contributed by atoms with Crippen LogP contribution in [0.2, 0.25) is 0 Å². The molecule has 126 valence electrons. The van der Waals surface area contributed by atoms with Gasteiger partial charge in [-0.2, -0.15) is 5.26 Å². The Labute approximate surface area is 142 Å². The number of hydrogen-bond acceptors (Lipinski definition) is 7. The van der Waals surface area contributed by atoms with Gasteiger partial charge in [0.2, 0.25) is 11.8 Å². The first-order chi connectivity index (χ1) is 11.9. The van der Waals surface area contributed by atoms with E-state index in [0.29, 0.717) is 5.69 Å². The van der Waals surface area contributed by atoms with Crippen molar-refractivity contribution < 1.29 is 19.0 Å². The molecule has 4 heterocycles. The summed E-state index contributed by atoms with van der Waals surface area (Å²) in [5.41, 5.74) is -0.157. The number of amides is 2. The summed E-state index contributed by atoms with van der Waals surface area (Å²) in [5, 5.41) is 16.7. The SMILES string of the molecule is C[C@]12CC[C@](C)(O1)[C@@H]1C(=O)N(c3ccc(C#N)c4nonc34)C(=O)[C@@H]12. The van der Waals surface area contributed by atoms with Crippen molar-refractivity contribution in [1.82, 2.24) is 10.3 Å². The van der Waals surface area contributed by atoms with E-state index >= 15 is 0 Å². The van der Waals surface area contributed by atoms with Gasteiger partial charge in [0.25, 0.3) is 0 Å². The molecular weight excluding hydrogens is 324 g/mol. The molecule has 2 bridgehead atoms. The second-order valence-corrected chi connectivity index (χ2v) is 7.40. The Morgan fingerprint density at radius 2 is 1.72 bits per heavy atom. The molecule has 1 aromatic heterocycles. The van der Waals surface area contributed by atoms with Gasteiger partial charge in [0.05, 0.1) is 34.3 Å². The van der Waals surface area contributed by atoms with Gasteiger partial charge >= 0.3 is 0 Å². The van der Waals surface area contributed by atoms with Crippen molar-refractivity contribution in [2.45, 2.75) is 37.9 Å². The van der Waals surface area contributed by atoms with E-state index in [0.717, 1.165) is 12.8 Å². The predicted octanol–water partition coefficient (Wildman–Crippen LogP) is 1.54. The molecule has 2 aromatic rings. The second kappa shape index (κ2) is 4.24. The molecule has 0 radical (unpaired) electrons. The van der Waals surface area contributed by atoms with Crippen molar-refractivity contribution in [3.8, 4) is 6.07 Å². The fraction of sp³-hybridized carbons (Fsp3) is 0.471. The summed E-state index contributed by atoms with van der Waals surface area (Å²) < 4.78 is 10.8. The minimum atomic E-state index is -0.616. The van der Waals surface area contributed by atoms with E-state index in [4.69, 9.17) is 14.6 Å². The van der Waals surface area contributed by atoms with Crippen LogP contribution in [0.5, 0.6) is 0 Å². The van der Waals surface area contributed by atoms with Crippen molar-refractivity contribution in [1.29, 1.82) is 5.26 Å². The van der Waals surface area contributed by atoms with E-state index in [-0.39, 0.29) is 28.4 Å². The number of benzene rings is 1. The van der Waals surface area contributed by atoms with E-state index in [1.807, 2.05) is 19.9 Å². The summed E-state index contributed by atoms with van der Waals surface area (Å²) in [4.78, 5) is 27.4. The third-order valence-corrected chi connectivity index (χ3v) is 5.96. The number of rotatable bonds is 1. The van der Waals surface area contributed by atoms with Gasteiger partial charge in [0.15, 0.2) is 11.0 Å². The molecular formula is C17H14N4O4. The van der Waals surface area contributed by atoms with Gasteiger partial charge in [-0.25, -0.2) is 9.53 Å². The summed E-state index contributed by atoms with van der Waals surface area (Å²) in [6.07, 6.45) is 1.51.